The van der Waals surface area contributed by atoms with Gasteiger partial charge in [0, 0.05) is 39.1 Å². The van der Waals surface area contributed by atoms with Crippen molar-refractivity contribution in [3.05, 3.63) is 24.0 Å². The van der Waals surface area contributed by atoms with E-state index in [0.717, 1.165) is 26.2 Å². The minimum Gasteiger partial charge on any atom is -0.383 e. The highest BCUT2D eigenvalue weighted by Gasteiger charge is 1.97. The first-order chi connectivity index (χ1) is 10.4. The van der Waals surface area contributed by atoms with Gasteiger partial charge in [-0.2, -0.15) is 0 Å². The zero-order valence-corrected chi connectivity index (χ0v) is 14.1. The number of rotatable bonds is 14. The van der Waals surface area contributed by atoms with Crippen LogP contribution in [0.15, 0.2) is 18.5 Å². The van der Waals surface area contributed by atoms with E-state index >= 15 is 0 Å². The van der Waals surface area contributed by atoms with Gasteiger partial charge in [0.25, 0.3) is 0 Å². The van der Waals surface area contributed by atoms with Crippen LogP contribution >= 0.6 is 0 Å². The number of aromatic nitrogens is 1. The van der Waals surface area contributed by atoms with Crippen LogP contribution in [0.25, 0.3) is 0 Å². The van der Waals surface area contributed by atoms with Gasteiger partial charge in [0.15, 0.2) is 0 Å². The lowest BCUT2D eigenvalue weighted by Gasteiger charge is -2.04. The van der Waals surface area contributed by atoms with Gasteiger partial charge in [-0.15, -0.1) is 0 Å². The molecule has 1 rings (SSSR count). The van der Waals surface area contributed by atoms with Gasteiger partial charge in [-0.05, 0) is 18.1 Å². The first-order valence-electron chi connectivity index (χ1n) is 8.71. The molecule has 0 fully saturated rings. The maximum Gasteiger partial charge on any atom is 0.0587 e. The molecule has 0 aliphatic heterocycles. The fourth-order valence-electron chi connectivity index (χ4n) is 2.57. The van der Waals surface area contributed by atoms with E-state index < -0.39 is 0 Å². The van der Waals surface area contributed by atoms with Gasteiger partial charge in [0.1, 0.15) is 0 Å². The molecule has 0 atom stereocenters. The molecule has 0 saturated heterocycles. The van der Waals surface area contributed by atoms with Crippen LogP contribution in [-0.4, -0.2) is 24.8 Å². The summed E-state index contributed by atoms with van der Waals surface area (Å²) in [5.41, 5.74) is 1.37. The van der Waals surface area contributed by atoms with Gasteiger partial charge in [-0.1, -0.05) is 51.9 Å². The summed E-state index contributed by atoms with van der Waals surface area (Å²) >= 11 is 0. The van der Waals surface area contributed by atoms with Crippen LogP contribution in [0.3, 0.4) is 0 Å². The van der Waals surface area contributed by atoms with Gasteiger partial charge in [0.2, 0.25) is 0 Å². The molecule has 122 valence electrons. The van der Waals surface area contributed by atoms with E-state index in [1.165, 1.54) is 56.9 Å². The molecule has 0 radical (unpaired) electrons. The predicted octanol–water partition coefficient (Wildman–Crippen LogP) is 4.36. The van der Waals surface area contributed by atoms with E-state index in [1.807, 2.05) is 0 Å². The largest absolute Gasteiger partial charge is 0.383 e. The Morgan fingerprint density at radius 3 is 2.48 bits per heavy atom. The smallest absolute Gasteiger partial charge is 0.0587 e. The highest BCUT2D eigenvalue weighted by molar-refractivity contribution is 5.09. The zero-order valence-electron chi connectivity index (χ0n) is 14.1. The van der Waals surface area contributed by atoms with Gasteiger partial charge in [-0.3, -0.25) is 0 Å². The molecular weight excluding hydrogens is 260 g/mol. The van der Waals surface area contributed by atoms with Crippen LogP contribution in [0.2, 0.25) is 0 Å². The van der Waals surface area contributed by atoms with E-state index in [9.17, 15) is 0 Å². The summed E-state index contributed by atoms with van der Waals surface area (Å²) in [7, 11) is 1.74. The molecule has 0 bridgehead atoms. The molecule has 0 aliphatic rings. The maximum absolute atomic E-state index is 5.02. The summed E-state index contributed by atoms with van der Waals surface area (Å²) in [5, 5.41) is 3.38. The van der Waals surface area contributed by atoms with E-state index in [-0.39, 0.29) is 0 Å². The predicted molar refractivity (Wildman–Crippen MR) is 90.6 cm³/mol. The lowest BCUT2D eigenvalue weighted by Crippen LogP contribution is -2.18. The average Bonchev–Trinajstić information content (AvgIpc) is 2.94. The number of unbranched alkanes of at least 4 members (excludes halogenated alkanes) is 7. The van der Waals surface area contributed by atoms with Gasteiger partial charge >= 0.3 is 0 Å². The van der Waals surface area contributed by atoms with E-state index in [4.69, 9.17) is 4.74 Å². The minimum absolute atomic E-state index is 0.777. The number of hydrogen-bond acceptors (Lipinski definition) is 2. The Labute approximate surface area is 131 Å². The SMILES string of the molecule is CCCCCCCCCCn1ccc(CNCCOC)c1. The van der Waals surface area contributed by atoms with Gasteiger partial charge < -0.3 is 14.6 Å². The van der Waals surface area contributed by atoms with Crippen molar-refractivity contribution in [2.45, 2.75) is 71.4 Å². The van der Waals surface area contributed by atoms with E-state index in [1.54, 1.807) is 7.11 Å². The quantitative estimate of drug-likeness (QED) is 0.516. The molecular formula is C18H34N2O. The van der Waals surface area contributed by atoms with Crippen LogP contribution in [0.4, 0.5) is 0 Å². The molecule has 1 N–H and O–H groups in total. The monoisotopic (exact) mass is 294 g/mol. The van der Waals surface area contributed by atoms with Crippen LogP contribution in [-0.2, 0) is 17.8 Å². The minimum atomic E-state index is 0.777. The molecule has 21 heavy (non-hydrogen) atoms. The first-order valence-corrected chi connectivity index (χ1v) is 8.71. The third-order valence-electron chi connectivity index (χ3n) is 3.89. The second-order valence-corrected chi connectivity index (χ2v) is 5.90. The van der Waals surface area contributed by atoms with Crippen LogP contribution in [0, 0.1) is 0 Å². The second-order valence-electron chi connectivity index (χ2n) is 5.90. The molecule has 0 amide bonds. The molecule has 0 saturated carbocycles. The summed E-state index contributed by atoms with van der Waals surface area (Å²) in [6.07, 6.45) is 15.6. The fourth-order valence-corrected chi connectivity index (χ4v) is 2.57. The number of nitrogens with zero attached hydrogens (tertiary/aromatic N) is 1. The Bertz CT molecular complexity index is 336. The third kappa shape index (κ3) is 9.70. The fraction of sp³-hybridized carbons (Fsp3) is 0.778. The van der Waals surface area contributed by atoms with Crippen molar-refractivity contribution in [3.8, 4) is 0 Å². The zero-order chi connectivity index (χ0) is 15.2. The normalized spacial score (nSPS) is 11.1. The second kappa shape index (κ2) is 12.9. The van der Waals surface area contributed by atoms with Crippen molar-refractivity contribution in [1.82, 2.24) is 9.88 Å². The molecule has 0 aromatic carbocycles. The molecule has 0 aliphatic carbocycles. The molecule has 3 nitrogen and oxygen atoms in total. The van der Waals surface area contributed by atoms with Gasteiger partial charge in [-0.25, -0.2) is 0 Å². The summed E-state index contributed by atoms with van der Waals surface area (Å²) in [6, 6.07) is 2.21. The highest BCUT2D eigenvalue weighted by Crippen LogP contribution is 2.10. The Hall–Kier alpha value is -0.800. The number of nitrogens with one attached hydrogen (secondary N) is 1. The first kappa shape index (κ1) is 18.2. The Morgan fingerprint density at radius 2 is 1.76 bits per heavy atom. The summed E-state index contributed by atoms with van der Waals surface area (Å²) in [4.78, 5) is 0. The molecule has 0 spiro atoms. The number of aryl methyl sites for hydroxylation is 1. The summed E-state index contributed by atoms with van der Waals surface area (Å²) in [6.45, 7) is 6.07. The van der Waals surface area contributed by atoms with Crippen molar-refractivity contribution in [2.24, 2.45) is 0 Å². The summed E-state index contributed by atoms with van der Waals surface area (Å²) in [5.74, 6) is 0. The van der Waals surface area contributed by atoms with Crippen molar-refractivity contribution >= 4 is 0 Å². The molecule has 1 aromatic heterocycles. The average molecular weight is 294 g/mol. The van der Waals surface area contributed by atoms with Crippen molar-refractivity contribution < 1.29 is 4.74 Å². The third-order valence-corrected chi connectivity index (χ3v) is 3.89. The maximum atomic E-state index is 5.02. The standard InChI is InChI=1S/C18H34N2O/c1-3-4-5-6-7-8-9-10-13-20-14-11-18(17-20)16-19-12-15-21-2/h11,14,17,19H,3-10,12-13,15-16H2,1-2H3. The van der Waals surface area contributed by atoms with E-state index in [0.29, 0.717) is 0 Å². The van der Waals surface area contributed by atoms with Crippen LogP contribution < -0.4 is 5.32 Å². The van der Waals surface area contributed by atoms with Crippen molar-refractivity contribution in [1.29, 1.82) is 0 Å². The Kier molecular flexibility index (Phi) is 11.2. The van der Waals surface area contributed by atoms with Gasteiger partial charge in [0.05, 0.1) is 6.61 Å². The lowest BCUT2D eigenvalue weighted by molar-refractivity contribution is 0.199. The highest BCUT2D eigenvalue weighted by atomic mass is 16.5. The van der Waals surface area contributed by atoms with Crippen LogP contribution in [0.5, 0.6) is 0 Å². The lowest BCUT2D eigenvalue weighted by atomic mass is 10.1. The van der Waals surface area contributed by atoms with Crippen LogP contribution in [0.1, 0.15) is 63.9 Å². The molecule has 1 heterocycles. The molecule has 0 unspecified atom stereocenters. The Balaban J connectivity index is 1.98. The Morgan fingerprint density at radius 1 is 1.05 bits per heavy atom. The van der Waals surface area contributed by atoms with Crippen molar-refractivity contribution in [3.63, 3.8) is 0 Å². The number of ether oxygens (including phenoxy) is 1. The molecule has 1 aromatic rings. The van der Waals surface area contributed by atoms with Crippen molar-refractivity contribution in [2.75, 3.05) is 20.3 Å². The number of hydrogen-bond donors (Lipinski definition) is 1. The summed E-state index contributed by atoms with van der Waals surface area (Å²) < 4.78 is 7.35. The number of methoxy groups -OCH3 is 1. The topological polar surface area (TPSA) is 26.2 Å². The van der Waals surface area contributed by atoms with E-state index in [2.05, 4.69) is 35.3 Å². The molecule has 3 heteroatoms.